The number of carbonyl (C=O) groups excluding carboxylic acids is 1. The first-order valence-electron chi connectivity index (χ1n) is 3.24. The lowest BCUT2D eigenvalue weighted by molar-refractivity contribution is -0.114. The van der Waals surface area contributed by atoms with Crippen LogP contribution >= 0.6 is 0 Å². The van der Waals surface area contributed by atoms with E-state index < -0.39 is 0 Å². The monoisotopic (exact) mass is 150 g/mol. The lowest BCUT2D eigenvalue weighted by Crippen LogP contribution is -2.05. The highest BCUT2D eigenvalue weighted by Gasteiger charge is 2.00. The highest BCUT2D eigenvalue weighted by molar-refractivity contribution is 5.90. The van der Waals surface area contributed by atoms with E-state index in [1.54, 1.807) is 18.2 Å². The van der Waals surface area contributed by atoms with Crippen molar-refractivity contribution in [2.45, 2.75) is 6.92 Å². The smallest absolute Gasteiger partial charge is 0.221 e. The van der Waals surface area contributed by atoms with Gasteiger partial charge in [-0.3, -0.25) is 9.90 Å². The molecule has 0 aliphatic rings. The first-order chi connectivity index (χ1) is 5.20. The van der Waals surface area contributed by atoms with Crippen LogP contribution in [-0.2, 0) is 9.90 Å². The van der Waals surface area contributed by atoms with E-state index in [1.165, 1.54) is 13.0 Å². The molecule has 1 aromatic rings. The van der Waals surface area contributed by atoms with Crippen LogP contribution in [0.15, 0.2) is 24.3 Å². The van der Waals surface area contributed by atoms with Crippen LogP contribution in [0.5, 0.6) is 5.75 Å². The molecule has 57 valence electrons. The van der Waals surface area contributed by atoms with Gasteiger partial charge in [-0.1, -0.05) is 12.1 Å². The zero-order valence-electron chi connectivity index (χ0n) is 6.13. The van der Waals surface area contributed by atoms with Crippen LogP contribution in [0.1, 0.15) is 6.92 Å². The zero-order valence-corrected chi connectivity index (χ0v) is 6.13. The Labute approximate surface area is 64.7 Å². The van der Waals surface area contributed by atoms with Gasteiger partial charge >= 0.3 is 0 Å². The molecule has 11 heavy (non-hydrogen) atoms. The number of hydrogen-bond donors (Lipinski definition) is 1. The summed E-state index contributed by atoms with van der Waals surface area (Å²) in [4.78, 5) is 10.5. The molecule has 3 nitrogen and oxygen atoms in total. The van der Waals surface area contributed by atoms with Gasteiger partial charge in [0.15, 0.2) is 0 Å². The highest BCUT2D eigenvalue weighted by Crippen LogP contribution is 2.21. The summed E-state index contributed by atoms with van der Waals surface area (Å²) in [5.74, 6) is -0.393. The number of hydrogen-bond acceptors (Lipinski definition) is 1. The van der Waals surface area contributed by atoms with Gasteiger partial charge in [0.2, 0.25) is 11.7 Å². The fraction of sp³-hybridized carbons (Fsp3) is 0.125. The molecule has 1 amide bonds. The summed E-state index contributed by atoms with van der Waals surface area (Å²) in [5.41, 5.74) is 0.333. The van der Waals surface area contributed by atoms with Crippen LogP contribution in [0.25, 0.3) is 0 Å². The predicted molar refractivity (Wildman–Crippen MR) is 40.9 cm³/mol. The molecule has 0 heterocycles. The molecule has 0 saturated heterocycles. The number of carbonyl (C=O) groups is 1. The number of amides is 1. The maximum Gasteiger partial charge on any atom is 0.221 e. The highest BCUT2D eigenvalue weighted by atomic mass is 16.3. The molecule has 0 aliphatic heterocycles. The summed E-state index contributed by atoms with van der Waals surface area (Å²) < 4.78 is 0. The van der Waals surface area contributed by atoms with Crippen LogP contribution in [0.4, 0.5) is 5.69 Å². The Hall–Kier alpha value is -1.51. The van der Waals surface area contributed by atoms with Crippen molar-refractivity contribution in [1.29, 1.82) is 0 Å². The minimum atomic E-state index is -0.228. The van der Waals surface area contributed by atoms with E-state index in [0.717, 1.165) is 0 Å². The van der Waals surface area contributed by atoms with Crippen LogP contribution in [0, 0.1) is 0 Å². The summed E-state index contributed by atoms with van der Waals surface area (Å²) in [5, 5.41) is 13.4. The number of para-hydroxylation sites is 2. The van der Waals surface area contributed by atoms with E-state index in [1.807, 2.05) is 0 Å². The third-order valence-corrected chi connectivity index (χ3v) is 1.20. The molecule has 0 aliphatic carbocycles. The number of anilines is 1. The second kappa shape index (κ2) is 3.05. The molecule has 0 bridgehead atoms. The molecule has 1 rings (SSSR count). The van der Waals surface area contributed by atoms with E-state index in [4.69, 9.17) is 0 Å². The van der Waals surface area contributed by atoms with Crippen molar-refractivity contribution in [3.05, 3.63) is 24.3 Å². The molecule has 0 unspecified atom stereocenters. The third kappa shape index (κ3) is 1.97. The van der Waals surface area contributed by atoms with Gasteiger partial charge in [-0.15, -0.1) is 0 Å². The van der Waals surface area contributed by atoms with Gasteiger partial charge in [0.25, 0.3) is 0 Å². The SMILES string of the molecule is CC(=O)Nc1ccccc1[O]. The van der Waals surface area contributed by atoms with E-state index in [0.29, 0.717) is 5.69 Å². The van der Waals surface area contributed by atoms with Gasteiger partial charge in [-0.25, -0.2) is 0 Å². The van der Waals surface area contributed by atoms with Crippen molar-refractivity contribution >= 4 is 11.6 Å². The minimum Gasteiger partial charge on any atom is -0.323 e. The Morgan fingerprint density at radius 2 is 2.00 bits per heavy atom. The van der Waals surface area contributed by atoms with Gasteiger partial charge in [0.1, 0.15) is 0 Å². The van der Waals surface area contributed by atoms with Crippen molar-refractivity contribution < 1.29 is 9.90 Å². The van der Waals surface area contributed by atoms with Crippen molar-refractivity contribution in [2.24, 2.45) is 0 Å². The summed E-state index contributed by atoms with van der Waals surface area (Å²) in [6.45, 7) is 1.37. The quantitative estimate of drug-likeness (QED) is 0.651. The lowest BCUT2D eigenvalue weighted by Gasteiger charge is -2.00. The summed E-state index contributed by atoms with van der Waals surface area (Å²) in [6.07, 6.45) is 0. The first-order valence-corrected chi connectivity index (χ1v) is 3.24. The predicted octanol–water partition coefficient (Wildman–Crippen LogP) is 1.79. The van der Waals surface area contributed by atoms with E-state index >= 15 is 0 Å². The Morgan fingerprint density at radius 3 is 2.55 bits per heavy atom. The fourth-order valence-electron chi connectivity index (χ4n) is 0.760. The average Bonchev–Trinajstić information content (AvgIpc) is 1.93. The molecule has 1 radical (unpaired) electrons. The van der Waals surface area contributed by atoms with Crippen LogP contribution in [0.3, 0.4) is 0 Å². The van der Waals surface area contributed by atoms with Gasteiger partial charge in [0, 0.05) is 6.92 Å². The second-order valence-electron chi connectivity index (χ2n) is 2.18. The standard InChI is InChI=1S/C8H8NO2/c1-6(10)9-7-4-2-3-5-8(7)11/h2-5H,1H3,(H,9,10). The van der Waals surface area contributed by atoms with E-state index in [2.05, 4.69) is 5.32 Å². The normalized spacial score (nSPS) is 9.18. The van der Waals surface area contributed by atoms with E-state index in [9.17, 15) is 9.90 Å². The molecule has 0 atom stereocenters. The summed E-state index contributed by atoms with van der Waals surface area (Å²) in [6, 6.07) is 6.31. The maximum absolute atomic E-state index is 10.9. The van der Waals surface area contributed by atoms with Gasteiger partial charge in [-0.2, -0.15) is 0 Å². The topological polar surface area (TPSA) is 49.0 Å². The average molecular weight is 150 g/mol. The van der Waals surface area contributed by atoms with Crippen LogP contribution in [0.2, 0.25) is 0 Å². The number of nitrogens with one attached hydrogen (secondary N) is 1. The van der Waals surface area contributed by atoms with E-state index in [-0.39, 0.29) is 11.7 Å². The molecule has 0 spiro atoms. The van der Waals surface area contributed by atoms with Crippen LogP contribution < -0.4 is 5.32 Å². The summed E-state index contributed by atoms with van der Waals surface area (Å²) in [7, 11) is 0. The molecule has 0 fully saturated rings. The zero-order chi connectivity index (χ0) is 8.27. The molecular formula is C8H8NO2. The van der Waals surface area contributed by atoms with Crippen molar-refractivity contribution in [3.8, 4) is 5.75 Å². The first kappa shape index (κ1) is 7.60. The van der Waals surface area contributed by atoms with Crippen molar-refractivity contribution in [3.63, 3.8) is 0 Å². The third-order valence-electron chi connectivity index (χ3n) is 1.20. The largest absolute Gasteiger partial charge is 0.323 e. The van der Waals surface area contributed by atoms with Gasteiger partial charge < -0.3 is 5.32 Å². The van der Waals surface area contributed by atoms with Crippen molar-refractivity contribution in [2.75, 3.05) is 5.32 Å². The molecule has 3 heteroatoms. The van der Waals surface area contributed by atoms with Gasteiger partial charge in [-0.05, 0) is 12.1 Å². The van der Waals surface area contributed by atoms with Gasteiger partial charge in [0.05, 0.1) is 5.69 Å². The lowest BCUT2D eigenvalue weighted by atomic mass is 10.3. The maximum atomic E-state index is 10.9. The Balaban J connectivity index is 2.86. The molecule has 0 aromatic heterocycles. The Bertz CT molecular complexity index is 271. The Kier molecular flexibility index (Phi) is 2.11. The second-order valence-corrected chi connectivity index (χ2v) is 2.18. The van der Waals surface area contributed by atoms with Crippen LogP contribution in [-0.4, -0.2) is 5.91 Å². The Morgan fingerprint density at radius 1 is 1.36 bits per heavy atom. The summed E-state index contributed by atoms with van der Waals surface area (Å²) >= 11 is 0. The number of rotatable bonds is 1. The minimum absolute atomic E-state index is 0.164. The molecule has 1 N–H and O–H groups in total. The fourth-order valence-corrected chi connectivity index (χ4v) is 0.760. The van der Waals surface area contributed by atoms with Crippen molar-refractivity contribution in [1.82, 2.24) is 0 Å². The number of benzene rings is 1. The molecular weight excluding hydrogens is 142 g/mol. The molecule has 1 aromatic carbocycles. The molecule has 0 saturated carbocycles.